The van der Waals surface area contributed by atoms with Crippen molar-refractivity contribution < 1.29 is 22.8 Å². The molecule has 32 heavy (non-hydrogen) atoms. The molecule has 3 aromatic rings. The molecule has 2 heterocycles. The van der Waals surface area contributed by atoms with Crippen molar-refractivity contribution in [3.05, 3.63) is 63.2 Å². The number of halogens is 3. The first kappa shape index (κ1) is 23.0. The molecule has 1 aromatic carbocycles. The van der Waals surface area contributed by atoms with Crippen molar-refractivity contribution in [1.82, 2.24) is 19.5 Å². The second-order valence-corrected chi connectivity index (χ2v) is 7.25. The zero-order valence-corrected chi connectivity index (χ0v) is 17.7. The van der Waals surface area contributed by atoms with Crippen LogP contribution < -0.4 is 10.9 Å². The summed E-state index contributed by atoms with van der Waals surface area (Å²) in [6.07, 6.45) is -4.70. The normalized spacial score (nSPS) is 11.6. The van der Waals surface area contributed by atoms with E-state index in [0.29, 0.717) is 22.6 Å². The molecule has 0 aliphatic rings. The number of para-hydroxylation sites is 1. The summed E-state index contributed by atoms with van der Waals surface area (Å²) in [6.45, 7) is 4.89. The van der Waals surface area contributed by atoms with Gasteiger partial charge in [0, 0.05) is 29.6 Å². The molecule has 0 aliphatic carbocycles. The number of benzene rings is 1. The van der Waals surface area contributed by atoms with Gasteiger partial charge in [-0.1, -0.05) is 12.1 Å². The molecule has 0 spiro atoms. The maximum Gasteiger partial charge on any atom is 0.418 e. The van der Waals surface area contributed by atoms with Gasteiger partial charge >= 0.3 is 6.18 Å². The number of aromatic nitrogens is 3. The average molecular weight is 449 g/mol. The predicted octanol–water partition coefficient (Wildman–Crippen LogP) is 2.69. The lowest BCUT2D eigenvalue weighted by Gasteiger charge is -2.22. The Morgan fingerprint density at radius 1 is 1.22 bits per heavy atom. The van der Waals surface area contributed by atoms with E-state index >= 15 is 0 Å². The third-order valence-corrected chi connectivity index (χ3v) is 5.11. The van der Waals surface area contributed by atoms with Crippen LogP contribution in [0.15, 0.2) is 35.1 Å². The van der Waals surface area contributed by atoms with Gasteiger partial charge in [-0.2, -0.15) is 13.2 Å². The number of H-pyrrole nitrogens is 1. The lowest BCUT2D eigenvalue weighted by Crippen LogP contribution is -2.39. The van der Waals surface area contributed by atoms with Crippen molar-refractivity contribution >= 4 is 23.1 Å². The highest BCUT2D eigenvalue weighted by Gasteiger charge is 2.33. The number of hydrogen-bond acceptors (Lipinski definition) is 4. The van der Waals surface area contributed by atoms with Gasteiger partial charge in [0.2, 0.25) is 11.8 Å². The second kappa shape index (κ2) is 8.85. The van der Waals surface area contributed by atoms with Crippen LogP contribution in [0.3, 0.4) is 0 Å². The zero-order chi connectivity index (χ0) is 23.6. The third-order valence-electron chi connectivity index (χ3n) is 5.11. The summed E-state index contributed by atoms with van der Waals surface area (Å²) in [6, 6.07) is 5.98. The molecule has 3 rings (SSSR count). The first-order valence-corrected chi connectivity index (χ1v) is 9.83. The molecule has 0 bridgehead atoms. The van der Waals surface area contributed by atoms with Crippen LogP contribution in [-0.2, 0) is 22.2 Å². The monoisotopic (exact) mass is 449 g/mol. The molecule has 170 valence electrons. The molecule has 0 unspecified atom stereocenters. The Kier molecular flexibility index (Phi) is 6.37. The molecule has 0 saturated heterocycles. The van der Waals surface area contributed by atoms with Crippen LogP contribution in [0.5, 0.6) is 0 Å². The van der Waals surface area contributed by atoms with E-state index in [2.05, 4.69) is 15.4 Å². The van der Waals surface area contributed by atoms with Gasteiger partial charge in [-0.15, -0.1) is 0 Å². The number of rotatable bonds is 6. The highest BCUT2D eigenvalue weighted by molar-refractivity contribution is 5.95. The Hall–Kier alpha value is -3.63. The van der Waals surface area contributed by atoms with Gasteiger partial charge in [0.25, 0.3) is 5.56 Å². The number of nitrogens with zero attached hydrogens (tertiary/aromatic N) is 3. The minimum Gasteiger partial charge on any atom is -0.333 e. The maximum absolute atomic E-state index is 13.1. The van der Waals surface area contributed by atoms with Crippen molar-refractivity contribution in [1.29, 1.82) is 0 Å². The summed E-state index contributed by atoms with van der Waals surface area (Å²) < 4.78 is 40.9. The number of likely N-dealkylation sites (N-methyl/N-ethyl adjacent to an activating group) is 1. The number of fused-ring (bicyclic) bond motifs is 1. The minimum absolute atomic E-state index is 0.0823. The van der Waals surface area contributed by atoms with E-state index in [1.807, 2.05) is 0 Å². The Morgan fingerprint density at radius 3 is 2.56 bits per heavy atom. The second-order valence-electron chi connectivity index (χ2n) is 7.25. The fraction of sp³-hybridized carbons (Fsp3) is 0.333. The Morgan fingerprint density at radius 2 is 1.91 bits per heavy atom. The topological polar surface area (TPSA) is 99.6 Å². The van der Waals surface area contributed by atoms with Crippen LogP contribution in [0.4, 0.5) is 18.9 Å². The lowest BCUT2D eigenvalue weighted by molar-refractivity contribution is -0.137. The molecule has 8 nitrogen and oxygen atoms in total. The number of hydrogen-bond donors (Lipinski definition) is 2. The van der Waals surface area contributed by atoms with Gasteiger partial charge < -0.3 is 10.2 Å². The van der Waals surface area contributed by atoms with Gasteiger partial charge in [0.15, 0.2) is 5.65 Å². The number of amides is 2. The van der Waals surface area contributed by atoms with E-state index in [1.165, 1.54) is 27.6 Å². The molecule has 0 aliphatic heterocycles. The van der Waals surface area contributed by atoms with Crippen LogP contribution in [0.25, 0.3) is 5.65 Å². The zero-order valence-electron chi connectivity index (χ0n) is 17.7. The summed E-state index contributed by atoms with van der Waals surface area (Å²) in [5.41, 5.74) is 0.554. The van der Waals surface area contributed by atoms with Crippen molar-refractivity contribution in [2.75, 3.05) is 18.4 Å². The lowest BCUT2D eigenvalue weighted by atomic mass is 10.1. The van der Waals surface area contributed by atoms with Gasteiger partial charge in [0.05, 0.1) is 24.2 Å². The summed E-state index contributed by atoms with van der Waals surface area (Å²) in [4.78, 5) is 42.4. The quantitative estimate of drug-likeness (QED) is 0.605. The number of anilines is 1. The van der Waals surface area contributed by atoms with Crippen LogP contribution in [0.2, 0.25) is 0 Å². The standard InChI is InChI=1S/C21H22F3N5O3/c1-4-28(11-19(31)26-16-8-6-5-7-15(16)21(22,23)24)20(32)9-14-12(2)25-17-10-18(30)27-29(17)13(14)3/h5-8,10H,4,9,11H2,1-3H3,(H,26,31)(H,27,30). The van der Waals surface area contributed by atoms with Gasteiger partial charge in [-0.25, -0.2) is 9.50 Å². The van der Waals surface area contributed by atoms with Crippen LogP contribution >= 0.6 is 0 Å². The first-order chi connectivity index (χ1) is 15.0. The molecule has 0 atom stereocenters. The molecule has 11 heteroatoms. The predicted molar refractivity (Wildman–Crippen MR) is 111 cm³/mol. The van der Waals surface area contributed by atoms with E-state index in [4.69, 9.17) is 0 Å². The van der Waals surface area contributed by atoms with E-state index < -0.39 is 30.1 Å². The molecule has 2 amide bonds. The Labute approximate surface area is 181 Å². The van der Waals surface area contributed by atoms with Crippen LogP contribution in [0, 0.1) is 13.8 Å². The van der Waals surface area contributed by atoms with Gasteiger partial charge in [-0.3, -0.25) is 19.5 Å². The molecular weight excluding hydrogens is 427 g/mol. The van der Waals surface area contributed by atoms with E-state index in [0.717, 1.165) is 12.1 Å². The summed E-state index contributed by atoms with van der Waals surface area (Å²) in [5, 5.41) is 4.85. The maximum atomic E-state index is 13.1. The van der Waals surface area contributed by atoms with E-state index in [-0.39, 0.29) is 24.2 Å². The number of nitrogens with one attached hydrogen (secondary N) is 2. The largest absolute Gasteiger partial charge is 0.418 e. The summed E-state index contributed by atoms with van der Waals surface area (Å²) in [7, 11) is 0. The highest BCUT2D eigenvalue weighted by atomic mass is 19.4. The number of aryl methyl sites for hydroxylation is 2. The first-order valence-electron chi connectivity index (χ1n) is 9.83. The molecule has 0 fully saturated rings. The van der Waals surface area contributed by atoms with Crippen molar-refractivity contribution in [3.63, 3.8) is 0 Å². The SMILES string of the molecule is CCN(CC(=O)Nc1ccccc1C(F)(F)F)C(=O)Cc1c(C)nc2cc(=O)[nH]n2c1C. The number of aromatic amines is 1. The fourth-order valence-corrected chi connectivity index (χ4v) is 3.45. The third kappa shape index (κ3) is 4.82. The average Bonchev–Trinajstić information content (AvgIpc) is 3.09. The number of carbonyl (C=O) groups excluding carboxylic acids is 2. The minimum atomic E-state index is -4.62. The van der Waals surface area contributed by atoms with Gasteiger partial charge in [-0.05, 0) is 32.9 Å². The van der Waals surface area contributed by atoms with Crippen molar-refractivity contribution in [2.45, 2.75) is 33.4 Å². The fourth-order valence-electron chi connectivity index (χ4n) is 3.45. The van der Waals surface area contributed by atoms with Gasteiger partial charge in [0.1, 0.15) is 0 Å². The van der Waals surface area contributed by atoms with E-state index in [1.54, 1.807) is 20.8 Å². The molecule has 2 aromatic heterocycles. The van der Waals surface area contributed by atoms with Crippen molar-refractivity contribution in [2.24, 2.45) is 0 Å². The van der Waals surface area contributed by atoms with E-state index in [9.17, 15) is 27.6 Å². The van der Waals surface area contributed by atoms with Crippen molar-refractivity contribution in [3.8, 4) is 0 Å². The summed E-state index contributed by atoms with van der Waals surface area (Å²) in [5.74, 6) is -1.14. The van der Waals surface area contributed by atoms with Crippen LogP contribution in [0.1, 0.15) is 29.4 Å². The highest BCUT2D eigenvalue weighted by Crippen LogP contribution is 2.34. The smallest absolute Gasteiger partial charge is 0.333 e. The Balaban J connectivity index is 1.76. The Bertz CT molecular complexity index is 1230. The molecule has 0 saturated carbocycles. The van der Waals surface area contributed by atoms with Crippen LogP contribution in [-0.4, -0.2) is 44.4 Å². The number of carbonyl (C=O) groups is 2. The molecular formula is C21H22F3N5O3. The summed E-state index contributed by atoms with van der Waals surface area (Å²) >= 11 is 0. The molecule has 0 radical (unpaired) electrons. The number of alkyl halides is 3. The molecule has 2 N–H and O–H groups in total.